The van der Waals surface area contributed by atoms with Crippen LogP contribution in [0.15, 0.2) is 36.7 Å². The molecule has 1 heterocycles. The first-order valence-corrected chi connectivity index (χ1v) is 4.88. The zero-order valence-corrected chi connectivity index (χ0v) is 8.94. The highest BCUT2D eigenvalue weighted by Gasteiger charge is 2.08. The number of anilines is 3. The second-order valence-corrected chi connectivity index (χ2v) is 3.51. The number of hydrogen-bond acceptors (Lipinski definition) is 3. The summed E-state index contributed by atoms with van der Waals surface area (Å²) in [4.78, 5) is 4.95. The highest BCUT2D eigenvalue weighted by atomic mass is 15.1. The molecule has 2 rings (SSSR count). The number of nitriles is 1. The molecule has 0 saturated heterocycles. The van der Waals surface area contributed by atoms with E-state index in [1.807, 2.05) is 36.5 Å². The molecular formula is C12H12N4. The third-order valence-electron chi connectivity index (χ3n) is 2.49. The number of benzene rings is 1. The zero-order valence-electron chi connectivity index (χ0n) is 8.94. The Morgan fingerprint density at radius 3 is 2.75 bits per heavy atom. The third kappa shape index (κ3) is 1.71. The Kier molecular flexibility index (Phi) is 2.52. The van der Waals surface area contributed by atoms with Gasteiger partial charge in [0, 0.05) is 19.4 Å². The van der Waals surface area contributed by atoms with Gasteiger partial charge in [-0.2, -0.15) is 5.26 Å². The SMILES string of the molecule is CN(c1cc[nH]c1)c1ccc(C#N)cc1N. The molecule has 0 bridgehead atoms. The number of nitrogens with one attached hydrogen (secondary N) is 1. The van der Waals surface area contributed by atoms with E-state index in [9.17, 15) is 0 Å². The summed E-state index contributed by atoms with van der Waals surface area (Å²) in [5.74, 6) is 0. The number of H-pyrrole nitrogens is 1. The van der Waals surface area contributed by atoms with Gasteiger partial charge in [0.25, 0.3) is 0 Å². The molecule has 0 spiro atoms. The van der Waals surface area contributed by atoms with E-state index in [2.05, 4.69) is 11.1 Å². The van der Waals surface area contributed by atoms with E-state index >= 15 is 0 Å². The van der Waals surface area contributed by atoms with Crippen LogP contribution in [0.4, 0.5) is 17.1 Å². The van der Waals surface area contributed by atoms with Gasteiger partial charge in [0.2, 0.25) is 0 Å². The van der Waals surface area contributed by atoms with Crippen LogP contribution in [0.25, 0.3) is 0 Å². The number of nitrogens with two attached hydrogens (primary N) is 1. The Hall–Kier alpha value is -2.41. The highest BCUT2D eigenvalue weighted by Crippen LogP contribution is 2.28. The maximum absolute atomic E-state index is 8.75. The van der Waals surface area contributed by atoms with Crippen molar-refractivity contribution in [1.29, 1.82) is 5.26 Å². The van der Waals surface area contributed by atoms with Gasteiger partial charge in [0.05, 0.1) is 28.7 Å². The summed E-state index contributed by atoms with van der Waals surface area (Å²) < 4.78 is 0. The minimum Gasteiger partial charge on any atom is -0.397 e. The molecule has 0 saturated carbocycles. The van der Waals surface area contributed by atoms with E-state index in [-0.39, 0.29) is 0 Å². The molecular weight excluding hydrogens is 200 g/mol. The lowest BCUT2D eigenvalue weighted by Gasteiger charge is -2.19. The molecule has 0 fully saturated rings. The molecule has 0 unspecified atom stereocenters. The highest BCUT2D eigenvalue weighted by molar-refractivity contribution is 5.75. The molecule has 0 radical (unpaired) electrons. The normalized spacial score (nSPS) is 9.75. The van der Waals surface area contributed by atoms with E-state index in [0.717, 1.165) is 11.4 Å². The molecule has 0 aliphatic rings. The lowest BCUT2D eigenvalue weighted by atomic mass is 10.1. The molecule has 80 valence electrons. The molecule has 2 aromatic rings. The first-order valence-electron chi connectivity index (χ1n) is 4.88. The number of nitrogen functional groups attached to an aromatic ring is 1. The van der Waals surface area contributed by atoms with Crippen molar-refractivity contribution in [2.45, 2.75) is 0 Å². The first-order chi connectivity index (χ1) is 7.72. The lowest BCUT2D eigenvalue weighted by molar-refractivity contribution is 1.21. The van der Waals surface area contributed by atoms with Crippen LogP contribution < -0.4 is 10.6 Å². The molecule has 1 aromatic heterocycles. The van der Waals surface area contributed by atoms with Gasteiger partial charge in [-0.25, -0.2) is 0 Å². The number of aromatic nitrogens is 1. The van der Waals surface area contributed by atoms with Crippen molar-refractivity contribution in [3.8, 4) is 6.07 Å². The first kappa shape index (κ1) is 10.1. The number of rotatable bonds is 2. The Labute approximate surface area is 93.9 Å². The molecule has 3 N–H and O–H groups in total. The molecule has 4 heteroatoms. The van der Waals surface area contributed by atoms with E-state index < -0.39 is 0 Å². The maximum Gasteiger partial charge on any atom is 0.0992 e. The van der Waals surface area contributed by atoms with E-state index in [0.29, 0.717) is 11.3 Å². The van der Waals surface area contributed by atoms with Gasteiger partial charge in [-0.3, -0.25) is 0 Å². The zero-order chi connectivity index (χ0) is 11.5. The molecule has 0 aliphatic heterocycles. The smallest absolute Gasteiger partial charge is 0.0992 e. The summed E-state index contributed by atoms with van der Waals surface area (Å²) in [6.07, 6.45) is 3.74. The van der Waals surface area contributed by atoms with Gasteiger partial charge in [-0.05, 0) is 24.3 Å². The summed E-state index contributed by atoms with van der Waals surface area (Å²) in [7, 11) is 1.93. The summed E-state index contributed by atoms with van der Waals surface area (Å²) >= 11 is 0. The standard InChI is InChI=1S/C12H12N4/c1-16(10-4-5-15-8-10)12-3-2-9(7-13)6-11(12)14/h2-6,8,15H,14H2,1H3. The van der Waals surface area contributed by atoms with Crippen LogP contribution in [0.5, 0.6) is 0 Å². The summed E-state index contributed by atoms with van der Waals surface area (Å²) in [6, 6.07) is 9.31. The summed E-state index contributed by atoms with van der Waals surface area (Å²) in [5, 5.41) is 8.75. The van der Waals surface area contributed by atoms with Gasteiger partial charge >= 0.3 is 0 Å². The van der Waals surface area contributed by atoms with Crippen LogP contribution in [-0.4, -0.2) is 12.0 Å². The topological polar surface area (TPSA) is 68.8 Å². The third-order valence-corrected chi connectivity index (χ3v) is 2.49. The average molecular weight is 212 g/mol. The van der Waals surface area contributed by atoms with Crippen molar-refractivity contribution in [2.75, 3.05) is 17.7 Å². The van der Waals surface area contributed by atoms with E-state index in [4.69, 9.17) is 11.0 Å². The molecule has 0 amide bonds. The summed E-state index contributed by atoms with van der Waals surface area (Å²) in [5.41, 5.74) is 8.99. The molecule has 0 aliphatic carbocycles. The fraction of sp³-hybridized carbons (Fsp3) is 0.0833. The van der Waals surface area contributed by atoms with E-state index in [1.54, 1.807) is 12.1 Å². The predicted octanol–water partition coefficient (Wildman–Crippen LogP) is 2.24. The molecule has 0 atom stereocenters. The van der Waals surface area contributed by atoms with Crippen molar-refractivity contribution in [3.05, 3.63) is 42.2 Å². The van der Waals surface area contributed by atoms with E-state index in [1.165, 1.54) is 0 Å². The van der Waals surface area contributed by atoms with Gasteiger partial charge in [-0.1, -0.05) is 0 Å². The Morgan fingerprint density at radius 1 is 1.38 bits per heavy atom. The van der Waals surface area contributed by atoms with Gasteiger partial charge in [0.15, 0.2) is 0 Å². The van der Waals surface area contributed by atoms with Crippen LogP contribution in [0.1, 0.15) is 5.56 Å². The fourth-order valence-corrected chi connectivity index (χ4v) is 1.59. The molecule has 4 nitrogen and oxygen atoms in total. The van der Waals surface area contributed by atoms with Crippen LogP contribution in [0.3, 0.4) is 0 Å². The minimum absolute atomic E-state index is 0.573. The molecule has 1 aromatic carbocycles. The largest absolute Gasteiger partial charge is 0.397 e. The van der Waals surface area contributed by atoms with Crippen LogP contribution in [-0.2, 0) is 0 Å². The predicted molar refractivity (Wildman–Crippen MR) is 64.4 cm³/mol. The van der Waals surface area contributed by atoms with Crippen molar-refractivity contribution in [3.63, 3.8) is 0 Å². The number of aromatic amines is 1. The van der Waals surface area contributed by atoms with Gasteiger partial charge in [0.1, 0.15) is 0 Å². The van der Waals surface area contributed by atoms with Crippen molar-refractivity contribution < 1.29 is 0 Å². The number of nitrogens with zero attached hydrogens (tertiary/aromatic N) is 2. The average Bonchev–Trinajstić information content (AvgIpc) is 2.81. The Morgan fingerprint density at radius 2 is 2.19 bits per heavy atom. The minimum atomic E-state index is 0.573. The quantitative estimate of drug-likeness (QED) is 0.750. The monoisotopic (exact) mass is 212 g/mol. The lowest BCUT2D eigenvalue weighted by Crippen LogP contribution is -2.10. The van der Waals surface area contributed by atoms with Gasteiger partial charge < -0.3 is 15.6 Å². The van der Waals surface area contributed by atoms with Crippen molar-refractivity contribution in [1.82, 2.24) is 4.98 Å². The Bertz CT molecular complexity index is 522. The van der Waals surface area contributed by atoms with Crippen molar-refractivity contribution in [2.24, 2.45) is 0 Å². The van der Waals surface area contributed by atoms with Crippen LogP contribution in [0, 0.1) is 11.3 Å². The summed E-state index contributed by atoms with van der Waals surface area (Å²) in [6.45, 7) is 0. The number of hydrogen-bond donors (Lipinski definition) is 2. The van der Waals surface area contributed by atoms with Gasteiger partial charge in [-0.15, -0.1) is 0 Å². The maximum atomic E-state index is 8.75. The molecule has 16 heavy (non-hydrogen) atoms. The van der Waals surface area contributed by atoms with Crippen LogP contribution in [0.2, 0.25) is 0 Å². The fourth-order valence-electron chi connectivity index (χ4n) is 1.59. The second kappa shape index (κ2) is 3.99. The second-order valence-electron chi connectivity index (χ2n) is 3.51. The van der Waals surface area contributed by atoms with Crippen molar-refractivity contribution >= 4 is 17.1 Å². The Balaban J connectivity index is 2.38. The van der Waals surface area contributed by atoms with Crippen LogP contribution >= 0.6 is 0 Å².